The molecule has 0 aliphatic heterocycles. The number of carbonyl (C=O) groups excluding carboxylic acids is 4. The van der Waals surface area contributed by atoms with Crippen LogP contribution in [0, 0.1) is 0 Å². The fourth-order valence-corrected chi connectivity index (χ4v) is 3.39. The minimum Gasteiger partial charge on any atom is -0.459 e. The molecule has 1 aromatic carbocycles. The summed E-state index contributed by atoms with van der Waals surface area (Å²) in [5, 5.41) is 0. The third kappa shape index (κ3) is 5.74. The van der Waals surface area contributed by atoms with Gasteiger partial charge in [0.05, 0.1) is 10.5 Å². The quantitative estimate of drug-likeness (QED) is 0.357. The minimum absolute atomic E-state index is 0.0429. The number of nitrogens with zero attached hydrogens (tertiary/aromatic N) is 1. The van der Waals surface area contributed by atoms with Gasteiger partial charge in [-0.15, -0.1) is 0 Å². The number of rotatable bonds is 8. The highest BCUT2D eigenvalue weighted by Crippen LogP contribution is 2.18. The first-order chi connectivity index (χ1) is 13.0. The summed E-state index contributed by atoms with van der Waals surface area (Å²) in [6.45, 7) is 6.94. The van der Waals surface area contributed by atoms with Gasteiger partial charge in [0.25, 0.3) is 10.0 Å². The summed E-state index contributed by atoms with van der Waals surface area (Å²) in [5.41, 5.74) is 0.255. The monoisotopic (exact) mass is 411 g/mol. The van der Waals surface area contributed by atoms with E-state index in [9.17, 15) is 27.6 Å². The van der Waals surface area contributed by atoms with E-state index in [1.165, 1.54) is 26.0 Å². The molecule has 0 aliphatic rings. The van der Waals surface area contributed by atoms with E-state index in [-0.39, 0.29) is 40.0 Å². The van der Waals surface area contributed by atoms with Gasteiger partial charge >= 0.3 is 11.9 Å². The molecule has 0 saturated carbocycles. The number of ether oxygens (including phenoxy) is 2. The van der Waals surface area contributed by atoms with Crippen molar-refractivity contribution in [3.8, 4) is 0 Å². The van der Waals surface area contributed by atoms with Gasteiger partial charge in [0.1, 0.15) is 13.2 Å². The van der Waals surface area contributed by atoms with Gasteiger partial charge in [-0.25, -0.2) is 18.0 Å². The lowest BCUT2D eigenvalue weighted by Gasteiger charge is -2.18. The van der Waals surface area contributed by atoms with E-state index in [2.05, 4.69) is 6.58 Å². The van der Waals surface area contributed by atoms with Crippen LogP contribution in [0.3, 0.4) is 0 Å². The smallest absolute Gasteiger partial charge is 0.338 e. The Morgan fingerprint density at radius 3 is 2.00 bits per heavy atom. The zero-order chi connectivity index (χ0) is 21.5. The van der Waals surface area contributed by atoms with E-state index in [1.54, 1.807) is 0 Å². The Kier molecular flexibility index (Phi) is 8.05. The van der Waals surface area contributed by atoms with Gasteiger partial charge in [-0.3, -0.25) is 9.59 Å². The second-order valence-electron chi connectivity index (χ2n) is 5.61. The lowest BCUT2D eigenvalue weighted by Crippen LogP contribution is -2.40. The molecule has 0 unspecified atom stereocenters. The maximum Gasteiger partial charge on any atom is 0.338 e. The normalized spacial score (nSPS) is 10.7. The minimum atomic E-state index is -4.38. The first kappa shape index (κ1) is 23.0. The number of benzene rings is 1. The molecule has 0 atom stereocenters. The van der Waals surface area contributed by atoms with Crippen molar-refractivity contribution < 1.29 is 37.1 Å². The number of esters is 2. The Labute approximate surface area is 163 Å². The van der Waals surface area contributed by atoms with Gasteiger partial charge in [-0.2, -0.15) is 4.31 Å². The molecule has 1 rings (SSSR count). The number of imide groups is 1. The Balaban J connectivity index is 2.83. The zero-order valence-corrected chi connectivity index (χ0v) is 16.6. The molecule has 10 heteroatoms. The maximum absolute atomic E-state index is 12.5. The van der Waals surface area contributed by atoms with Crippen molar-refractivity contribution in [1.82, 2.24) is 4.31 Å². The molecular formula is C18H21NO8S. The number of carbonyl (C=O) groups is 4. The molecule has 0 radical (unpaired) electrons. The molecule has 0 aliphatic carbocycles. The molecule has 28 heavy (non-hydrogen) atoms. The standard InChI is InChI=1S/C18H21NO8S/c1-5-16(21)19(13(4)20)28(24,25)15-8-6-14(7-9-15)18(23)27-11-10-26-17(22)12(2)3/h6-9H,2,5,10-11H2,1,3-4H3. The Morgan fingerprint density at radius 2 is 1.54 bits per heavy atom. The van der Waals surface area contributed by atoms with Crippen LogP contribution in [-0.4, -0.2) is 49.7 Å². The van der Waals surface area contributed by atoms with Crippen molar-refractivity contribution in [1.29, 1.82) is 0 Å². The zero-order valence-electron chi connectivity index (χ0n) is 15.8. The summed E-state index contributed by atoms with van der Waals surface area (Å²) in [4.78, 5) is 46.2. The summed E-state index contributed by atoms with van der Waals surface area (Å²) >= 11 is 0. The van der Waals surface area contributed by atoms with Crippen LogP contribution in [0.5, 0.6) is 0 Å². The largest absolute Gasteiger partial charge is 0.459 e. The van der Waals surface area contributed by atoms with Crippen LogP contribution in [0.4, 0.5) is 0 Å². The van der Waals surface area contributed by atoms with Crippen molar-refractivity contribution >= 4 is 33.8 Å². The maximum atomic E-state index is 12.5. The molecule has 0 bridgehead atoms. The molecule has 9 nitrogen and oxygen atoms in total. The Hall–Kier alpha value is -3.01. The van der Waals surface area contributed by atoms with Crippen molar-refractivity contribution in [2.24, 2.45) is 0 Å². The lowest BCUT2D eigenvalue weighted by molar-refractivity contribution is -0.140. The van der Waals surface area contributed by atoms with Crippen LogP contribution in [-0.2, 0) is 33.9 Å². The summed E-state index contributed by atoms with van der Waals surface area (Å²) < 4.78 is 34.9. The summed E-state index contributed by atoms with van der Waals surface area (Å²) in [5.74, 6) is -3.16. The molecule has 152 valence electrons. The van der Waals surface area contributed by atoms with Crippen molar-refractivity contribution in [3.63, 3.8) is 0 Å². The van der Waals surface area contributed by atoms with Crippen LogP contribution in [0.1, 0.15) is 37.6 Å². The summed E-state index contributed by atoms with van der Waals surface area (Å²) in [6.07, 6.45) is -0.167. The molecule has 0 aromatic heterocycles. The number of sulfonamides is 1. The SMILES string of the molecule is C=C(C)C(=O)OCCOC(=O)c1ccc(S(=O)(=O)N(C(C)=O)C(=O)CC)cc1. The highest BCUT2D eigenvalue weighted by atomic mass is 32.2. The van der Waals surface area contributed by atoms with Gasteiger partial charge in [-0.05, 0) is 31.2 Å². The third-order valence-corrected chi connectivity index (χ3v) is 5.15. The Morgan fingerprint density at radius 1 is 1.00 bits per heavy atom. The highest BCUT2D eigenvalue weighted by molar-refractivity contribution is 7.90. The molecular weight excluding hydrogens is 390 g/mol. The fraction of sp³-hybridized carbons (Fsp3) is 0.333. The number of amides is 2. The summed E-state index contributed by atoms with van der Waals surface area (Å²) in [7, 11) is -4.38. The van der Waals surface area contributed by atoms with E-state index in [1.807, 2.05) is 0 Å². The van der Waals surface area contributed by atoms with Gasteiger partial charge in [0.2, 0.25) is 11.8 Å². The van der Waals surface area contributed by atoms with E-state index >= 15 is 0 Å². The first-order valence-electron chi connectivity index (χ1n) is 8.20. The molecule has 2 amide bonds. The van der Waals surface area contributed by atoms with Crippen molar-refractivity contribution in [3.05, 3.63) is 42.0 Å². The van der Waals surface area contributed by atoms with Crippen LogP contribution < -0.4 is 0 Å². The molecule has 1 aromatic rings. The molecule has 0 spiro atoms. The fourth-order valence-electron chi connectivity index (χ4n) is 1.97. The third-order valence-electron chi connectivity index (χ3n) is 3.34. The van der Waals surface area contributed by atoms with Gasteiger partial charge in [0, 0.05) is 18.9 Å². The van der Waals surface area contributed by atoms with E-state index in [0.717, 1.165) is 19.1 Å². The second kappa shape index (κ2) is 9.79. The van der Waals surface area contributed by atoms with Gasteiger partial charge in [0.15, 0.2) is 0 Å². The van der Waals surface area contributed by atoms with Crippen LogP contribution in [0.25, 0.3) is 0 Å². The average molecular weight is 411 g/mol. The van der Waals surface area contributed by atoms with E-state index < -0.39 is 33.8 Å². The molecule has 0 saturated heterocycles. The van der Waals surface area contributed by atoms with Gasteiger partial charge in [-0.1, -0.05) is 13.5 Å². The Bertz CT molecular complexity index is 887. The molecule has 0 heterocycles. The number of hydrogen-bond donors (Lipinski definition) is 0. The first-order valence-corrected chi connectivity index (χ1v) is 9.64. The predicted octanol–water partition coefficient (Wildman–Crippen LogP) is 1.44. The summed E-state index contributed by atoms with van der Waals surface area (Å²) in [6, 6.07) is 4.55. The predicted molar refractivity (Wildman–Crippen MR) is 97.5 cm³/mol. The molecule has 0 N–H and O–H groups in total. The van der Waals surface area contributed by atoms with Crippen molar-refractivity contribution in [2.45, 2.75) is 32.1 Å². The lowest BCUT2D eigenvalue weighted by atomic mass is 10.2. The molecule has 0 fully saturated rings. The van der Waals surface area contributed by atoms with Crippen molar-refractivity contribution in [2.75, 3.05) is 13.2 Å². The average Bonchev–Trinajstić information content (AvgIpc) is 2.64. The highest BCUT2D eigenvalue weighted by Gasteiger charge is 2.32. The van der Waals surface area contributed by atoms with Crippen LogP contribution >= 0.6 is 0 Å². The van der Waals surface area contributed by atoms with E-state index in [4.69, 9.17) is 9.47 Å². The van der Waals surface area contributed by atoms with Crippen LogP contribution in [0.15, 0.2) is 41.3 Å². The second-order valence-corrected chi connectivity index (χ2v) is 7.40. The van der Waals surface area contributed by atoms with Crippen LogP contribution in [0.2, 0.25) is 0 Å². The van der Waals surface area contributed by atoms with Gasteiger partial charge < -0.3 is 9.47 Å². The topological polar surface area (TPSA) is 124 Å². The number of hydrogen-bond acceptors (Lipinski definition) is 8. The van der Waals surface area contributed by atoms with E-state index in [0.29, 0.717) is 0 Å².